The summed E-state index contributed by atoms with van der Waals surface area (Å²) in [5.41, 5.74) is 0.552. The summed E-state index contributed by atoms with van der Waals surface area (Å²) in [6.07, 6.45) is 0.923. The van der Waals surface area contributed by atoms with E-state index < -0.39 is 18.0 Å². The fraction of sp³-hybridized carbons (Fsp3) is 0.294. The standard InChI is InChI=1S/C17H18FN3O3/c1-11(7-15(22)16-3-2-6-24-16)21-17(23)20-10-13-8-12(9-19)4-5-14(13)18/h2-6,8,11,15,22H,7,10H2,1H3,(H2,20,21,23)/t11-,15+/m1/s1. The van der Waals surface area contributed by atoms with E-state index in [0.29, 0.717) is 11.3 Å². The molecule has 2 aromatic rings. The van der Waals surface area contributed by atoms with Gasteiger partial charge in [0.15, 0.2) is 0 Å². The number of aliphatic hydroxyl groups is 1. The van der Waals surface area contributed by atoms with Gasteiger partial charge in [-0.25, -0.2) is 9.18 Å². The van der Waals surface area contributed by atoms with Crippen molar-refractivity contribution in [2.24, 2.45) is 0 Å². The average molecular weight is 331 g/mol. The Labute approximate surface area is 138 Å². The highest BCUT2D eigenvalue weighted by molar-refractivity contribution is 5.74. The second-order valence-electron chi connectivity index (χ2n) is 5.41. The Bertz CT molecular complexity index is 725. The molecule has 0 fully saturated rings. The summed E-state index contributed by atoms with van der Waals surface area (Å²) in [5, 5.41) is 23.9. The summed E-state index contributed by atoms with van der Waals surface area (Å²) in [6.45, 7) is 1.70. The van der Waals surface area contributed by atoms with Crippen molar-refractivity contribution in [3.05, 3.63) is 59.3 Å². The maximum atomic E-state index is 13.6. The molecule has 0 spiro atoms. The van der Waals surface area contributed by atoms with Crippen molar-refractivity contribution in [1.82, 2.24) is 10.6 Å². The lowest BCUT2D eigenvalue weighted by Crippen LogP contribution is -2.41. The van der Waals surface area contributed by atoms with Crippen molar-refractivity contribution in [2.75, 3.05) is 0 Å². The smallest absolute Gasteiger partial charge is 0.315 e. The number of rotatable bonds is 6. The van der Waals surface area contributed by atoms with Crippen LogP contribution < -0.4 is 10.6 Å². The molecule has 1 heterocycles. The first-order chi connectivity index (χ1) is 11.5. The number of urea groups is 1. The number of carbonyl (C=O) groups excluding carboxylic acids is 1. The molecular formula is C17H18FN3O3. The normalized spacial score (nSPS) is 12.9. The Balaban J connectivity index is 1.82. The molecule has 1 aromatic carbocycles. The van der Waals surface area contributed by atoms with E-state index in [4.69, 9.17) is 9.68 Å². The number of benzene rings is 1. The number of nitrogens with one attached hydrogen (secondary N) is 2. The first kappa shape index (κ1) is 17.5. The summed E-state index contributed by atoms with van der Waals surface area (Å²) in [5.74, 6) is -0.0602. The predicted octanol–water partition coefficient (Wildman–Crippen LogP) is 2.60. The van der Waals surface area contributed by atoms with Crippen LogP contribution in [0.4, 0.5) is 9.18 Å². The molecule has 0 bridgehead atoms. The minimum absolute atomic E-state index is 0.0410. The number of furan rings is 1. The highest BCUT2D eigenvalue weighted by Crippen LogP contribution is 2.18. The van der Waals surface area contributed by atoms with Crippen LogP contribution in [0.15, 0.2) is 41.0 Å². The van der Waals surface area contributed by atoms with E-state index in [1.54, 1.807) is 19.1 Å². The zero-order chi connectivity index (χ0) is 17.5. The molecule has 2 atom stereocenters. The van der Waals surface area contributed by atoms with Gasteiger partial charge >= 0.3 is 6.03 Å². The predicted molar refractivity (Wildman–Crippen MR) is 84.2 cm³/mol. The summed E-state index contributed by atoms with van der Waals surface area (Å²) < 4.78 is 18.7. The number of carbonyl (C=O) groups is 1. The first-order valence-electron chi connectivity index (χ1n) is 7.44. The fourth-order valence-corrected chi connectivity index (χ4v) is 2.22. The van der Waals surface area contributed by atoms with Crippen molar-refractivity contribution in [2.45, 2.75) is 32.0 Å². The number of amides is 2. The molecule has 3 N–H and O–H groups in total. The van der Waals surface area contributed by atoms with Crippen LogP contribution in [-0.2, 0) is 6.54 Å². The van der Waals surface area contributed by atoms with E-state index >= 15 is 0 Å². The second-order valence-corrected chi connectivity index (χ2v) is 5.41. The lowest BCUT2D eigenvalue weighted by Gasteiger charge is -2.17. The van der Waals surface area contributed by atoms with Crippen LogP contribution in [0.2, 0.25) is 0 Å². The number of nitrogens with zero attached hydrogens (tertiary/aromatic N) is 1. The van der Waals surface area contributed by atoms with Crippen molar-refractivity contribution >= 4 is 6.03 Å². The van der Waals surface area contributed by atoms with Crippen LogP contribution in [0.3, 0.4) is 0 Å². The lowest BCUT2D eigenvalue weighted by atomic mass is 10.1. The molecule has 0 aliphatic heterocycles. The van der Waals surface area contributed by atoms with Gasteiger partial charge in [0.2, 0.25) is 0 Å². The van der Waals surface area contributed by atoms with E-state index in [-0.39, 0.29) is 24.6 Å². The molecule has 126 valence electrons. The third-order valence-electron chi connectivity index (χ3n) is 3.44. The minimum Gasteiger partial charge on any atom is -0.467 e. The molecule has 6 nitrogen and oxygen atoms in total. The van der Waals surface area contributed by atoms with Crippen LogP contribution in [0, 0.1) is 17.1 Å². The fourth-order valence-electron chi connectivity index (χ4n) is 2.22. The maximum absolute atomic E-state index is 13.6. The molecule has 0 unspecified atom stereocenters. The minimum atomic E-state index is -0.819. The largest absolute Gasteiger partial charge is 0.467 e. The average Bonchev–Trinajstić information content (AvgIpc) is 3.08. The van der Waals surface area contributed by atoms with E-state index in [9.17, 15) is 14.3 Å². The zero-order valence-electron chi connectivity index (χ0n) is 13.1. The van der Waals surface area contributed by atoms with Gasteiger partial charge < -0.3 is 20.2 Å². The number of halogens is 1. The van der Waals surface area contributed by atoms with Gasteiger partial charge in [-0.05, 0) is 37.3 Å². The number of hydrogen-bond acceptors (Lipinski definition) is 4. The monoisotopic (exact) mass is 331 g/mol. The summed E-state index contributed by atoms with van der Waals surface area (Å²) in [4.78, 5) is 11.8. The van der Waals surface area contributed by atoms with Gasteiger partial charge in [-0.2, -0.15) is 5.26 Å². The Morgan fingerprint density at radius 2 is 2.25 bits per heavy atom. The van der Waals surface area contributed by atoms with E-state index in [1.165, 1.54) is 24.5 Å². The molecule has 2 rings (SSSR count). The van der Waals surface area contributed by atoms with E-state index in [1.807, 2.05) is 6.07 Å². The highest BCUT2D eigenvalue weighted by Gasteiger charge is 2.16. The molecule has 24 heavy (non-hydrogen) atoms. The van der Waals surface area contributed by atoms with Crippen LogP contribution in [0.25, 0.3) is 0 Å². The van der Waals surface area contributed by atoms with Crippen molar-refractivity contribution in [3.8, 4) is 6.07 Å². The third-order valence-corrected chi connectivity index (χ3v) is 3.44. The Kier molecular flexibility index (Phi) is 5.93. The van der Waals surface area contributed by atoms with Crippen molar-refractivity contribution in [3.63, 3.8) is 0 Å². The quantitative estimate of drug-likeness (QED) is 0.758. The van der Waals surface area contributed by atoms with Crippen molar-refractivity contribution < 1.29 is 18.7 Å². The van der Waals surface area contributed by atoms with Crippen LogP contribution in [0.1, 0.15) is 36.3 Å². The molecular weight excluding hydrogens is 313 g/mol. The molecule has 0 saturated carbocycles. The first-order valence-corrected chi connectivity index (χ1v) is 7.44. The van der Waals surface area contributed by atoms with E-state index in [2.05, 4.69) is 10.6 Å². The van der Waals surface area contributed by atoms with Gasteiger partial charge in [0.25, 0.3) is 0 Å². The third kappa shape index (κ3) is 4.83. The van der Waals surface area contributed by atoms with E-state index in [0.717, 1.165) is 0 Å². The maximum Gasteiger partial charge on any atom is 0.315 e. The van der Waals surface area contributed by atoms with Crippen LogP contribution >= 0.6 is 0 Å². The Morgan fingerprint density at radius 1 is 1.46 bits per heavy atom. The summed E-state index contributed by atoms with van der Waals surface area (Å²) in [7, 11) is 0. The van der Waals surface area contributed by atoms with Gasteiger partial charge in [-0.3, -0.25) is 0 Å². The lowest BCUT2D eigenvalue weighted by molar-refractivity contribution is 0.129. The number of aliphatic hydroxyl groups excluding tert-OH is 1. The van der Waals surface area contributed by atoms with Crippen LogP contribution in [0.5, 0.6) is 0 Å². The topological polar surface area (TPSA) is 98.3 Å². The number of hydrogen-bond donors (Lipinski definition) is 3. The van der Waals surface area contributed by atoms with Crippen LogP contribution in [-0.4, -0.2) is 17.2 Å². The van der Waals surface area contributed by atoms with Crippen molar-refractivity contribution in [1.29, 1.82) is 5.26 Å². The molecule has 0 saturated heterocycles. The molecule has 2 amide bonds. The molecule has 1 aromatic heterocycles. The molecule has 0 aliphatic carbocycles. The second kappa shape index (κ2) is 8.13. The summed E-state index contributed by atoms with van der Waals surface area (Å²) in [6, 6.07) is 8.39. The zero-order valence-corrected chi connectivity index (χ0v) is 13.1. The van der Waals surface area contributed by atoms with Gasteiger partial charge in [0.05, 0.1) is 17.9 Å². The van der Waals surface area contributed by atoms with Gasteiger partial charge in [-0.1, -0.05) is 0 Å². The summed E-state index contributed by atoms with van der Waals surface area (Å²) >= 11 is 0. The molecule has 0 radical (unpaired) electrons. The Morgan fingerprint density at radius 3 is 2.92 bits per heavy atom. The van der Waals surface area contributed by atoms with Gasteiger partial charge in [-0.15, -0.1) is 0 Å². The Hall–Kier alpha value is -2.85. The van der Waals surface area contributed by atoms with Gasteiger partial charge in [0, 0.05) is 24.6 Å². The molecule has 7 heteroatoms. The van der Waals surface area contributed by atoms with Gasteiger partial charge in [0.1, 0.15) is 17.7 Å². The SMILES string of the molecule is C[C@H](C[C@H](O)c1ccco1)NC(=O)NCc1cc(C#N)ccc1F. The highest BCUT2D eigenvalue weighted by atomic mass is 19.1. The molecule has 0 aliphatic rings. The number of nitriles is 1.